The van der Waals surface area contributed by atoms with Crippen molar-refractivity contribution < 1.29 is 14.3 Å². The molecule has 0 aromatic carbocycles. The molecule has 0 N–H and O–H groups in total. The number of carbonyl (C=O) groups excluding carboxylic acids is 1. The van der Waals surface area contributed by atoms with Gasteiger partial charge in [0.15, 0.2) is 0 Å². The molecule has 0 aliphatic carbocycles. The average molecular weight is 201 g/mol. The number of carbonyl (C=O) groups is 1. The van der Waals surface area contributed by atoms with E-state index in [4.69, 9.17) is 9.47 Å². The molecule has 1 fully saturated rings. The molecule has 0 saturated carbocycles. The monoisotopic (exact) mass is 201 g/mol. The Morgan fingerprint density at radius 2 is 2.07 bits per heavy atom. The van der Waals surface area contributed by atoms with Gasteiger partial charge in [-0.05, 0) is 20.3 Å². The van der Waals surface area contributed by atoms with Crippen molar-refractivity contribution in [3.05, 3.63) is 0 Å². The van der Waals surface area contributed by atoms with Gasteiger partial charge in [-0.1, -0.05) is 0 Å². The molecule has 0 bridgehead atoms. The summed E-state index contributed by atoms with van der Waals surface area (Å²) in [6, 6.07) is 0. The zero-order valence-corrected chi connectivity index (χ0v) is 9.37. The van der Waals surface area contributed by atoms with Gasteiger partial charge in [0.2, 0.25) is 0 Å². The fraction of sp³-hybridized carbons (Fsp3) is 0.900. The Morgan fingerprint density at radius 3 is 2.50 bits per heavy atom. The molecule has 0 aromatic heterocycles. The van der Waals surface area contributed by atoms with Gasteiger partial charge in [-0.15, -0.1) is 0 Å². The zero-order valence-electron chi connectivity index (χ0n) is 9.37. The fourth-order valence-electron chi connectivity index (χ4n) is 1.57. The number of nitrogens with zero attached hydrogens (tertiary/aromatic N) is 1. The minimum absolute atomic E-state index is 0.0413. The molecule has 0 aromatic rings. The van der Waals surface area contributed by atoms with Gasteiger partial charge < -0.3 is 14.4 Å². The first-order valence-electron chi connectivity index (χ1n) is 4.88. The zero-order chi connectivity index (χ0) is 10.8. The third-order valence-corrected chi connectivity index (χ3v) is 2.79. The molecular weight excluding hydrogens is 182 g/mol. The minimum atomic E-state index is -0.720. The van der Waals surface area contributed by atoms with E-state index in [1.807, 2.05) is 0 Å². The minimum Gasteiger partial charge on any atom is -0.380 e. The van der Waals surface area contributed by atoms with E-state index in [2.05, 4.69) is 0 Å². The summed E-state index contributed by atoms with van der Waals surface area (Å²) < 4.78 is 10.4. The molecule has 14 heavy (non-hydrogen) atoms. The number of rotatable bonds is 3. The molecule has 1 unspecified atom stereocenters. The van der Waals surface area contributed by atoms with E-state index in [-0.39, 0.29) is 12.0 Å². The maximum absolute atomic E-state index is 11.9. The quantitative estimate of drug-likeness (QED) is 0.673. The summed E-state index contributed by atoms with van der Waals surface area (Å²) in [5.74, 6) is 0.0413. The summed E-state index contributed by atoms with van der Waals surface area (Å²) in [4.78, 5) is 13.7. The standard InChI is InChI=1S/C10H19NO3/c1-10(2,14-4)9(12)11-6-5-8(7-11)13-3/h8H,5-7H2,1-4H3. The predicted octanol–water partition coefficient (Wildman–Crippen LogP) is 0.659. The third kappa shape index (κ3) is 2.25. The van der Waals surface area contributed by atoms with Crippen LogP contribution in [0, 0.1) is 0 Å². The Labute approximate surface area is 85.2 Å². The average Bonchev–Trinajstić information content (AvgIpc) is 2.64. The number of hydrogen-bond donors (Lipinski definition) is 0. The lowest BCUT2D eigenvalue weighted by atomic mass is 10.1. The Morgan fingerprint density at radius 1 is 1.43 bits per heavy atom. The number of likely N-dealkylation sites (tertiary alicyclic amines) is 1. The van der Waals surface area contributed by atoms with Crippen LogP contribution in [0.25, 0.3) is 0 Å². The number of methoxy groups -OCH3 is 2. The molecule has 0 radical (unpaired) electrons. The lowest BCUT2D eigenvalue weighted by Gasteiger charge is -2.27. The van der Waals surface area contributed by atoms with E-state index in [1.165, 1.54) is 0 Å². The van der Waals surface area contributed by atoms with E-state index >= 15 is 0 Å². The fourth-order valence-corrected chi connectivity index (χ4v) is 1.57. The van der Waals surface area contributed by atoms with E-state index < -0.39 is 5.60 Å². The largest absolute Gasteiger partial charge is 0.380 e. The van der Waals surface area contributed by atoms with Crippen LogP contribution in [0.1, 0.15) is 20.3 Å². The molecule has 1 amide bonds. The normalized spacial score (nSPS) is 22.9. The van der Waals surface area contributed by atoms with Gasteiger partial charge in [0.05, 0.1) is 6.10 Å². The van der Waals surface area contributed by atoms with E-state index in [9.17, 15) is 4.79 Å². The molecular formula is C10H19NO3. The van der Waals surface area contributed by atoms with Crippen molar-refractivity contribution in [1.29, 1.82) is 0 Å². The van der Waals surface area contributed by atoms with Crippen molar-refractivity contribution in [2.75, 3.05) is 27.3 Å². The van der Waals surface area contributed by atoms with Crippen molar-refractivity contribution in [1.82, 2.24) is 4.90 Å². The summed E-state index contributed by atoms with van der Waals surface area (Å²) >= 11 is 0. The summed E-state index contributed by atoms with van der Waals surface area (Å²) in [5, 5.41) is 0. The van der Waals surface area contributed by atoms with Crippen LogP contribution in [0.4, 0.5) is 0 Å². The van der Waals surface area contributed by atoms with E-state index in [1.54, 1.807) is 33.0 Å². The molecule has 1 rings (SSSR count). The van der Waals surface area contributed by atoms with E-state index in [0.717, 1.165) is 13.0 Å². The highest BCUT2D eigenvalue weighted by Crippen LogP contribution is 2.18. The summed E-state index contributed by atoms with van der Waals surface area (Å²) in [5.41, 5.74) is -0.720. The Balaban J connectivity index is 2.55. The highest BCUT2D eigenvalue weighted by Gasteiger charge is 2.35. The lowest BCUT2D eigenvalue weighted by molar-refractivity contribution is -0.150. The Kier molecular flexibility index (Phi) is 3.50. The van der Waals surface area contributed by atoms with Crippen LogP contribution in [0.15, 0.2) is 0 Å². The highest BCUT2D eigenvalue weighted by molar-refractivity contribution is 5.84. The highest BCUT2D eigenvalue weighted by atomic mass is 16.5. The first kappa shape index (κ1) is 11.5. The van der Waals surface area contributed by atoms with Gasteiger partial charge in [-0.3, -0.25) is 4.79 Å². The molecule has 4 heteroatoms. The molecule has 1 aliphatic heterocycles. The van der Waals surface area contributed by atoms with Crippen molar-refractivity contribution in [3.8, 4) is 0 Å². The van der Waals surface area contributed by atoms with Crippen LogP contribution >= 0.6 is 0 Å². The second-order valence-corrected chi connectivity index (χ2v) is 4.11. The molecule has 1 atom stereocenters. The van der Waals surface area contributed by atoms with Crippen LogP contribution < -0.4 is 0 Å². The maximum atomic E-state index is 11.9. The summed E-state index contributed by atoms with van der Waals surface area (Å²) in [6.45, 7) is 5.02. The molecule has 1 heterocycles. The van der Waals surface area contributed by atoms with Crippen molar-refractivity contribution in [2.24, 2.45) is 0 Å². The van der Waals surface area contributed by atoms with Gasteiger partial charge >= 0.3 is 0 Å². The number of amides is 1. The SMILES string of the molecule is COC1CCN(C(=O)C(C)(C)OC)C1. The van der Waals surface area contributed by atoms with Crippen LogP contribution in [0.3, 0.4) is 0 Å². The predicted molar refractivity (Wildman–Crippen MR) is 53.1 cm³/mol. The Bertz CT molecular complexity index is 215. The first-order chi connectivity index (χ1) is 6.51. The van der Waals surface area contributed by atoms with Gasteiger partial charge in [-0.25, -0.2) is 0 Å². The van der Waals surface area contributed by atoms with Crippen LogP contribution in [0.2, 0.25) is 0 Å². The van der Waals surface area contributed by atoms with Crippen molar-refractivity contribution in [3.63, 3.8) is 0 Å². The van der Waals surface area contributed by atoms with E-state index in [0.29, 0.717) is 6.54 Å². The number of ether oxygens (including phenoxy) is 2. The molecule has 82 valence electrons. The summed E-state index contributed by atoms with van der Waals surface area (Å²) in [7, 11) is 3.24. The smallest absolute Gasteiger partial charge is 0.254 e. The van der Waals surface area contributed by atoms with Gasteiger partial charge in [0, 0.05) is 27.3 Å². The van der Waals surface area contributed by atoms with Gasteiger partial charge in [0.25, 0.3) is 5.91 Å². The third-order valence-electron chi connectivity index (χ3n) is 2.79. The van der Waals surface area contributed by atoms with Crippen molar-refractivity contribution in [2.45, 2.75) is 32.0 Å². The van der Waals surface area contributed by atoms with Crippen LogP contribution in [-0.2, 0) is 14.3 Å². The van der Waals surface area contributed by atoms with Crippen LogP contribution in [0.5, 0.6) is 0 Å². The topological polar surface area (TPSA) is 38.8 Å². The molecule has 4 nitrogen and oxygen atoms in total. The van der Waals surface area contributed by atoms with Crippen molar-refractivity contribution >= 4 is 5.91 Å². The lowest BCUT2D eigenvalue weighted by Crippen LogP contribution is -2.45. The Hall–Kier alpha value is -0.610. The van der Waals surface area contributed by atoms with Gasteiger partial charge in [-0.2, -0.15) is 0 Å². The molecule has 1 saturated heterocycles. The second-order valence-electron chi connectivity index (χ2n) is 4.11. The molecule has 1 aliphatic rings. The molecule has 0 spiro atoms. The number of hydrogen-bond acceptors (Lipinski definition) is 3. The van der Waals surface area contributed by atoms with Crippen LogP contribution in [-0.4, -0.2) is 49.8 Å². The van der Waals surface area contributed by atoms with Gasteiger partial charge in [0.1, 0.15) is 5.60 Å². The maximum Gasteiger partial charge on any atom is 0.254 e. The first-order valence-corrected chi connectivity index (χ1v) is 4.88. The second kappa shape index (κ2) is 4.28. The summed E-state index contributed by atoms with van der Waals surface area (Å²) in [6.07, 6.45) is 1.11.